The summed E-state index contributed by atoms with van der Waals surface area (Å²) in [4.78, 5) is 25.8. The van der Waals surface area contributed by atoms with Gasteiger partial charge in [0.05, 0.1) is 12.2 Å². The summed E-state index contributed by atoms with van der Waals surface area (Å²) in [7, 11) is 1.78. The topological polar surface area (TPSA) is 66.8 Å². The monoisotopic (exact) mass is 319 g/mol. The van der Waals surface area contributed by atoms with Crippen LogP contribution in [0.5, 0.6) is 0 Å². The van der Waals surface area contributed by atoms with Crippen LogP contribution in [0.2, 0.25) is 0 Å². The fraction of sp³-hybridized carbons (Fsp3) is 0.556. The second-order valence-corrected chi connectivity index (χ2v) is 6.35. The number of likely N-dealkylation sites (N-methyl/N-ethyl adjacent to an activating group) is 1. The molecule has 0 radical (unpaired) electrons. The van der Waals surface area contributed by atoms with Crippen molar-refractivity contribution in [1.29, 1.82) is 0 Å². The average molecular weight is 319 g/mol. The van der Waals surface area contributed by atoms with Crippen molar-refractivity contribution in [3.8, 4) is 0 Å². The molecule has 0 aromatic heterocycles. The van der Waals surface area contributed by atoms with Gasteiger partial charge in [-0.2, -0.15) is 0 Å². The lowest BCUT2D eigenvalue weighted by Gasteiger charge is -2.33. The van der Waals surface area contributed by atoms with Crippen LogP contribution in [0.15, 0.2) is 24.3 Å². The number of carbonyl (C=O) groups is 2. The number of aliphatic hydroxyl groups is 1. The van der Waals surface area contributed by atoms with Gasteiger partial charge in [0.2, 0.25) is 0 Å². The third-order valence-corrected chi connectivity index (χ3v) is 4.63. The summed E-state index contributed by atoms with van der Waals surface area (Å²) in [6, 6.07) is 6.75. The largest absolute Gasteiger partial charge is 0.452 e. The molecular formula is C18H25NO4. The predicted molar refractivity (Wildman–Crippen MR) is 86.8 cm³/mol. The second kappa shape index (κ2) is 8.11. The fourth-order valence-corrected chi connectivity index (χ4v) is 2.89. The van der Waals surface area contributed by atoms with E-state index in [1.807, 2.05) is 0 Å². The SMILES string of the molecule is CC1CCC(N(C)C(=O)COC(=O)c2ccc(CO)cc2)CC1. The van der Waals surface area contributed by atoms with Crippen molar-refractivity contribution in [2.24, 2.45) is 5.92 Å². The van der Waals surface area contributed by atoms with Crippen molar-refractivity contribution in [3.63, 3.8) is 0 Å². The van der Waals surface area contributed by atoms with Gasteiger partial charge in [-0.15, -0.1) is 0 Å². The maximum Gasteiger partial charge on any atom is 0.338 e. The van der Waals surface area contributed by atoms with Gasteiger partial charge in [0, 0.05) is 13.1 Å². The highest BCUT2D eigenvalue weighted by Crippen LogP contribution is 2.26. The highest BCUT2D eigenvalue weighted by atomic mass is 16.5. The molecule has 0 spiro atoms. The molecule has 1 N–H and O–H groups in total. The Morgan fingerprint density at radius 1 is 1.17 bits per heavy atom. The normalized spacial score (nSPS) is 20.8. The molecule has 0 atom stereocenters. The Bertz CT molecular complexity index is 532. The summed E-state index contributed by atoms with van der Waals surface area (Å²) in [6.07, 6.45) is 4.30. The zero-order valence-electron chi connectivity index (χ0n) is 13.8. The van der Waals surface area contributed by atoms with Gasteiger partial charge >= 0.3 is 5.97 Å². The van der Waals surface area contributed by atoms with Gasteiger partial charge in [-0.25, -0.2) is 4.79 Å². The minimum atomic E-state index is -0.520. The summed E-state index contributed by atoms with van der Waals surface area (Å²) in [5, 5.41) is 8.98. The van der Waals surface area contributed by atoms with E-state index in [4.69, 9.17) is 9.84 Å². The first-order valence-corrected chi connectivity index (χ1v) is 8.14. The summed E-state index contributed by atoms with van der Waals surface area (Å²) in [6.45, 7) is 1.93. The molecule has 0 saturated heterocycles. The van der Waals surface area contributed by atoms with Crippen LogP contribution in [0, 0.1) is 5.92 Å². The quantitative estimate of drug-likeness (QED) is 0.846. The molecule has 5 nitrogen and oxygen atoms in total. The van der Waals surface area contributed by atoms with E-state index in [2.05, 4.69) is 6.92 Å². The number of aliphatic hydroxyl groups excluding tert-OH is 1. The van der Waals surface area contributed by atoms with Crippen LogP contribution >= 0.6 is 0 Å². The third-order valence-electron chi connectivity index (χ3n) is 4.63. The highest BCUT2D eigenvalue weighted by molar-refractivity contribution is 5.91. The molecule has 0 unspecified atom stereocenters. The lowest BCUT2D eigenvalue weighted by molar-refractivity contribution is -0.136. The van der Waals surface area contributed by atoms with E-state index < -0.39 is 5.97 Å². The minimum Gasteiger partial charge on any atom is -0.452 e. The first kappa shape index (κ1) is 17.5. The fourth-order valence-electron chi connectivity index (χ4n) is 2.89. The highest BCUT2D eigenvalue weighted by Gasteiger charge is 2.25. The molecule has 1 aliphatic carbocycles. The van der Waals surface area contributed by atoms with Gasteiger partial charge < -0.3 is 14.7 Å². The van der Waals surface area contributed by atoms with Gasteiger partial charge in [-0.3, -0.25) is 4.79 Å². The summed E-state index contributed by atoms with van der Waals surface area (Å²) >= 11 is 0. The van der Waals surface area contributed by atoms with Crippen LogP contribution < -0.4 is 0 Å². The zero-order valence-corrected chi connectivity index (χ0v) is 13.8. The number of ether oxygens (including phenoxy) is 1. The van der Waals surface area contributed by atoms with Gasteiger partial charge in [-0.1, -0.05) is 19.1 Å². The van der Waals surface area contributed by atoms with E-state index in [0.717, 1.165) is 37.2 Å². The molecule has 1 aromatic rings. The second-order valence-electron chi connectivity index (χ2n) is 6.35. The molecule has 1 aromatic carbocycles. The Balaban J connectivity index is 1.81. The third kappa shape index (κ3) is 4.79. The van der Waals surface area contributed by atoms with Crippen LogP contribution in [-0.2, 0) is 16.1 Å². The lowest BCUT2D eigenvalue weighted by atomic mass is 9.87. The Morgan fingerprint density at radius 3 is 2.35 bits per heavy atom. The number of carbonyl (C=O) groups excluding carboxylic acids is 2. The molecule has 0 heterocycles. The van der Waals surface area contributed by atoms with Gasteiger partial charge in [0.15, 0.2) is 6.61 Å². The molecule has 1 amide bonds. The molecule has 0 aliphatic heterocycles. The zero-order chi connectivity index (χ0) is 16.8. The summed E-state index contributed by atoms with van der Waals surface area (Å²) in [5.74, 6) is 0.0489. The molecule has 2 rings (SSSR count). The minimum absolute atomic E-state index is 0.0708. The van der Waals surface area contributed by atoms with Crippen LogP contribution in [0.4, 0.5) is 0 Å². The number of amides is 1. The van der Waals surface area contributed by atoms with Crippen molar-refractivity contribution in [1.82, 2.24) is 4.90 Å². The van der Waals surface area contributed by atoms with Gasteiger partial charge in [0.25, 0.3) is 5.91 Å². The molecule has 23 heavy (non-hydrogen) atoms. The molecular weight excluding hydrogens is 294 g/mol. The molecule has 1 aliphatic rings. The van der Waals surface area contributed by atoms with Crippen LogP contribution in [0.25, 0.3) is 0 Å². The van der Waals surface area contributed by atoms with E-state index in [1.54, 1.807) is 36.2 Å². The molecule has 126 valence electrons. The molecule has 0 bridgehead atoms. The number of esters is 1. The number of hydrogen-bond acceptors (Lipinski definition) is 4. The predicted octanol–water partition coefficient (Wildman–Crippen LogP) is 2.37. The summed E-state index contributed by atoms with van der Waals surface area (Å²) < 4.78 is 5.10. The smallest absolute Gasteiger partial charge is 0.338 e. The van der Waals surface area contributed by atoms with Crippen molar-refractivity contribution in [2.45, 2.75) is 45.3 Å². The maximum absolute atomic E-state index is 12.2. The van der Waals surface area contributed by atoms with E-state index in [0.29, 0.717) is 5.56 Å². The van der Waals surface area contributed by atoms with E-state index in [1.165, 1.54) is 0 Å². The number of rotatable bonds is 5. The molecule has 1 fully saturated rings. The standard InChI is InChI=1S/C18H25NO4/c1-13-3-9-16(10-4-13)19(2)17(21)12-23-18(22)15-7-5-14(11-20)6-8-15/h5-8,13,16,20H,3-4,9-12H2,1-2H3. The molecule has 5 heteroatoms. The van der Waals surface area contributed by atoms with E-state index >= 15 is 0 Å². The maximum atomic E-state index is 12.2. The first-order valence-electron chi connectivity index (χ1n) is 8.14. The van der Waals surface area contributed by atoms with Crippen molar-refractivity contribution in [2.75, 3.05) is 13.7 Å². The van der Waals surface area contributed by atoms with Crippen molar-refractivity contribution in [3.05, 3.63) is 35.4 Å². The number of nitrogens with zero attached hydrogens (tertiary/aromatic N) is 1. The number of hydrogen-bond donors (Lipinski definition) is 1. The average Bonchev–Trinajstić information content (AvgIpc) is 2.59. The summed E-state index contributed by atoms with van der Waals surface area (Å²) in [5.41, 5.74) is 1.10. The lowest BCUT2D eigenvalue weighted by Crippen LogP contribution is -2.41. The van der Waals surface area contributed by atoms with Crippen LogP contribution in [0.3, 0.4) is 0 Å². The van der Waals surface area contributed by atoms with Gasteiger partial charge in [-0.05, 0) is 49.3 Å². The van der Waals surface area contributed by atoms with E-state index in [9.17, 15) is 9.59 Å². The van der Waals surface area contributed by atoms with Crippen LogP contribution in [-0.4, -0.2) is 41.6 Å². The van der Waals surface area contributed by atoms with Crippen molar-refractivity contribution >= 4 is 11.9 Å². The van der Waals surface area contributed by atoms with Crippen LogP contribution in [0.1, 0.15) is 48.5 Å². The Morgan fingerprint density at radius 2 is 1.78 bits per heavy atom. The van der Waals surface area contributed by atoms with Gasteiger partial charge in [0.1, 0.15) is 0 Å². The Labute approximate surface area is 137 Å². The Hall–Kier alpha value is -1.88. The number of benzene rings is 1. The van der Waals surface area contributed by atoms with E-state index in [-0.39, 0.29) is 25.2 Å². The first-order chi connectivity index (χ1) is 11.0. The van der Waals surface area contributed by atoms with Crippen molar-refractivity contribution < 1.29 is 19.4 Å². The Kier molecular flexibility index (Phi) is 6.16. The molecule has 1 saturated carbocycles.